The maximum Gasteiger partial charge on any atom is 0.335 e. The fourth-order valence-electron chi connectivity index (χ4n) is 1.93. The van der Waals surface area contributed by atoms with Crippen LogP contribution in [0.25, 0.3) is 11.9 Å². The highest BCUT2D eigenvalue weighted by atomic mass is 19.1. The molecule has 20 heavy (non-hydrogen) atoms. The van der Waals surface area contributed by atoms with E-state index in [1.165, 1.54) is 30.3 Å². The number of fused-ring (bicyclic) bond motifs is 2. The van der Waals surface area contributed by atoms with Crippen LogP contribution < -0.4 is 10.3 Å². The molecule has 3 rings (SSSR count). The lowest BCUT2D eigenvalue weighted by Gasteiger charge is -2.09. The highest BCUT2D eigenvalue weighted by Gasteiger charge is 2.19. The number of benzene rings is 1. The van der Waals surface area contributed by atoms with Crippen LogP contribution in [0.4, 0.5) is 4.39 Å². The van der Waals surface area contributed by atoms with Gasteiger partial charge in [-0.05, 0) is 24.3 Å². The second-order valence-corrected chi connectivity index (χ2v) is 4.21. The number of aromatic amines is 1. The summed E-state index contributed by atoms with van der Waals surface area (Å²) in [5, 5.41) is 8.94. The highest BCUT2D eigenvalue weighted by Crippen LogP contribution is 2.37. The number of H-pyrrole nitrogens is 1. The van der Waals surface area contributed by atoms with Gasteiger partial charge in [-0.15, -0.1) is 0 Å². The van der Waals surface area contributed by atoms with Crippen LogP contribution in [0.15, 0.2) is 35.1 Å². The second kappa shape index (κ2) is 4.34. The Balaban J connectivity index is 2.21. The van der Waals surface area contributed by atoms with Gasteiger partial charge >= 0.3 is 5.97 Å². The molecule has 6 heteroatoms. The number of halogens is 1. The average Bonchev–Trinajstić information content (AvgIpc) is 2.54. The third kappa shape index (κ3) is 1.97. The van der Waals surface area contributed by atoms with Crippen molar-refractivity contribution in [3.8, 4) is 11.5 Å². The molecule has 0 saturated heterocycles. The quantitative estimate of drug-likeness (QED) is 0.837. The molecule has 2 N–H and O–H groups in total. The maximum atomic E-state index is 14.1. The SMILES string of the molecule is O=C(O)c1ccc2c(c1)Oc1ccc(=O)[nH]c1C=C2F. The Morgan fingerprint density at radius 3 is 2.75 bits per heavy atom. The van der Waals surface area contributed by atoms with Crippen LogP contribution >= 0.6 is 0 Å². The molecular formula is C14H8FNO4. The van der Waals surface area contributed by atoms with E-state index in [2.05, 4.69) is 4.98 Å². The largest absolute Gasteiger partial charge is 0.478 e. The van der Waals surface area contributed by atoms with E-state index >= 15 is 0 Å². The van der Waals surface area contributed by atoms with Gasteiger partial charge in [0.15, 0.2) is 5.75 Å². The molecule has 100 valence electrons. The van der Waals surface area contributed by atoms with Gasteiger partial charge in [0.2, 0.25) is 5.56 Å². The summed E-state index contributed by atoms with van der Waals surface area (Å²) >= 11 is 0. The van der Waals surface area contributed by atoms with Crippen LogP contribution in [0.5, 0.6) is 11.5 Å². The first kappa shape index (κ1) is 12.2. The van der Waals surface area contributed by atoms with Crippen LogP contribution in [0.2, 0.25) is 0 Å². The van der Waals surface area contributed by atoms with Gasteiger partial charge in [-0.25, -0.2) is 9.18 Å². The van der Waals surface area contributed by atoms with E-state index in [0.29, 0.717) is 0 Å². The molecule has 0 saturated carbocycles. The number of carboxylic acids is 1. The minimum atomic E-state index is -1.13. The summed E-state index contributed by atoms with van der Waals surface area (Å²) in [7, 11) is 0. The first-order chi connectivity index (χ1) is 9.54. The van der Waals surface area contributed by atoms with Crippen LogP contribution in [0.3, 0.4) is 0 Å². The molecule has 5 nitrogen and oxygen atoms in total. The third-order valence-electron chi connectivity index (χ3n) is 2.89. The molecule has 0 radical (unpaired) electrons. The third-order valence-corrected chi connectivity index (χ3v) is 2.89. The lowest BCUT2D eigenvalue weighted by molar-refractivity contribution is 0.0696. The topological polar surface area (TPSA) is 79.4 Å². The number of hydrogen-bond donors (Lipinski definition) is 2. The van der Waals surface area contributed by atoms with Gasteiger partial charge in [0.25, 0.3) is 0 Å². The van der Waals surface area contributed by atoms with Gasteiger partial charge in [-0.3, -0.25) is 4.79 Å². The standard InChI is InChI=1S/C14H8FNO4/c15-9-6-10-11(3-4-13(17)16-10)20-12-5-7(14(18)19)1-2-8(9)12/h1-6H,(H,16,17)(H,18,19). The fraction of sp³-hybridized carbons (Fsp3) is 0. The van der Waals surface area contributed by atoms with E-state index in [-0.39, 0.29) is 33.9 Å². The number of carboxylic acid groups (broad SMARTS) is 1. The molecule has 0 fully saturated rings. The van der Waals surface area contributed by atoms with Crippen LogP contribution in [-0.2, 0) is 0 Å². The lowest BCUT2D eigenvalue weighted by atomic mass is 10.1. The molecule has 1 aliphatic heterocycles. The normalized spacial score (nSPS) is 12.6. The van der Waals surface area contributed by atoms with Crippen LogP contribution in [-0.4, -0.2) is 16.1 Å². The van der Waals surface area contributed by atoms with E-state index < -0.39 is 11.8 Å². The molecule has 0 aliphatic carbocycles. The molecule has 2 heterocycles. The summed E-state index contributed by atoms with van der Waals surface area (Å²) in [6.07, 6.45) is 1.14. The maximum absolute atomic E-state index is 14.1. The zero-order valence-corrected chi connectivity index (χ0v) is 10.0. The molecule has 0 spiro atoms. The fourth-order valence-corrected chi connectivity index (χ4v) is 1.93. The van der Waals surface area contributed by atoms with Crippen molar-refractivity contribution in [3.63, 3.8) is 0 Å². The van der Waals surface area contributed by atoms with Crippen molar-refractivity contribution in [2.75, 3.05) is 0 Å². The number of carbonyl (C=O) groups is 1. The lowest BCUT2D eigenvalue weighted by Crippen LogP contribution is -2.05. The Hall–Kier alpha value is -2.89. The second-order valence-electron chi connectivity index (χ2n) is 4.21. The predicted octanol–water partition coefficient (Wildman–Crippen LogP) is 2.65. The molecule has 2 aromatic rings. The Labute approximate surface area is 112 Å². The summed E-state index contributed by atoms with van der Waals surface area (Å²) in [6.45, 7) is 0. The summed E-state index contributed by atoms with van der Waals surface area (Å²) in [5.74, 6) is -1.41. The monoisotopic (exact) mass is 273 g/mol. The number of ether oxygens (including phenoxy) is 1. The van der Waals surface area contributed by atoms with E-state index in [1.54, 1.807) is 0 Å². The van der Waals surface area contributed by atoms with Gasteiger partial charge in [0.1, 0.15) is 11.6 Å². The molecule has 1 aliphatic rings. The number of nitrogens with one attached hydrogen (secondary N) is 1. The van der Waals surface area contributed by atoms with Gasteiger partial charge in [-0.1, -0.05) is 0 Å². The van der Waals surface area contributed by atoms with Crippen LogP contribution in [0.1, 0.15) is 21.6 Å². The van der Waals surface area contributed by atoms with Crippen molar-refractivity contribution in [1.29, 1.82) is 0 Å². The Bertz CT molecular complexity index is 807. The molecular weight excluding hydrogens is 265 g/mol. The minimum absolute atomic E-state index is 0.00979. The molecule has 0 atom stereocenters. The summed E-state index contributed by atoms with van der Waals surface area (Å²) in [6, 6.07) is 6.51. The number of aromatic carboxylic acids is 1. The number of aromatic nitrogens is 1. The molecule has 0 bridgehead atoms. The predicted molar refractivity (Wildman–Crippen MR) is 69.5 cm³/mol. The van der Waals surface area contributed by atoms with E-state index in [1.807, 2.05) is 0 Å². The number of rotatable bonds is 1. The van der Waals surface area contributed by atoms with Crippen molar-refractivity contribution in [2.24, 2.45) is 0 Å². The van der Waals surface area contributed by atoms with E-state index in [9.17, 15) is 14.0 Å². The van der Waals surface area contributed by atoms with Crippen molar-refractivity contribution in [2.45, 2.75) is 0 Å². The molecule has 0 unspecified atom stereocenters. The summed E-state index contributed by atoms with van der Waals surface area (Å²) < 4.78 is 19.6. The Kier molecular flexibility index (Phi) is 2.64. The van der Waals surface area contributed by atoms with Crippen molar-refractivity contribution in [3.05, 3.63) is 57.5 Å². The van der Waals surface area contributed by atoms with E-state index in [4.69, 9.17) is 9.84 Å². The van der Waals surface area contributed by atoms with Gasteiger partial charge < -0.3 is 14.8 Å². The Morgan fingerprint density at radius 2 is 2.00 bits per heavy atom. The Morgan fingerprint density at radius 1 is 1.20 bits per heavy atom. The highest BCUT2D eigenvalue weighted by molar-refractivity contribution is 5.90. The zero-order chi connectivity index (χ0) is 14.3. The summed E-state index contributed by atoms with van der Waals surface area (Å²) in [5.41, 5.74) is -0.0619. The molecule has 1 aromatic carbocycles. The van der Waals surface area contributed by atoms with Crippen molar-refractivity contribution < 1.29 is 19.0 Å². The summed E-state index contributed by atoms with van der Waals surface area (Å²) in [4.78, 5) is 24.6. The van der Waals surface area contributed by atoms with Gasteiger partial charge in [0, 0.05) is 12.1 Å². The molecule has 1 aromatic heterocycles. The minimum Gasteiger partial charge on any atom is -0.478 e. The van der Waals surface area contributed by atoms with Crippen LogP contribution in [0, 0.1) is 0 Å². The van der Waals surface area contributed by atoms with Crippen molar-refractivity contribution in [1.82, 2.24) is 4.98 Å². The van der Waals surface area contributed by atoms with Gasteiger partial charge in [0.05, 0.1) is 16.8 Å². The average molecular weight is 273 g/mol. The number of hydrogen-bond acceptors (Lipinski definition) is 3. The van der Waals surface area contributed by atoms with Gasteiger partial charge in [-0.2, -0.15) is 0 Å². The smallest absolute Gasteiger partial charge is 0.335 e. The zero-order valence-electron chi connectivity index (χ0n) is 10.0. The molecule has 0 amide bonds. The van der Waals surface area contributed by atoms with E-state index in [0.717, 1.165) is 6.08 Å². The first-order valence-electron chi connectivity index (χ1n) is 5.71. The first-order valence-corrected chi connectivity index (χ1v) is 5.71. The number of pyridine rings is 1. The van der Waals surface area contributed by atoms with Crippen molar-refractivity contribution >= 4 is 17.9 Å².